The predicted molar refractivity (Wildman–Crippen MR) is 143 cm³/mol. The van der Waals surface area contributed by atoms with Crippen molar-refractivity contribution in [2.45, 2.75) is 72.0 Å². The summed E-state index contributed by atoms with van der Waals surface area (Å²) in [7, 11) is -1.21. The molecule has 1 aromatic carbocycles. The summed E-state index contributed by atoms with van der Waals surface area (Å²) in [4.78, 5) is 26.7. The first-order chi connectivity index (χ1) is 18.0. The van der Waals surface area contributed by atoms with E-state index in [0.717, 1.165) is 19.3 Å². The highest BCUT2D eigenvalue weighted by atomic mass is 16.6. The van der Waals surface area contributed by atoms with Crippen molar-refractivity contribution >= 4 is 30.5 Å². The molecule has 1 heterocycles. The van der Waals surface area contributed by atoms with Crippen LogP contribution in [0.5, 0.6) is 5.75 Å². The van der Waals surface area contributed by atoms with Crippen molar-refractivity contribution in [1.82, 2.24) is 0 Å². The average Bonchev–Trinajstić information content (AvgIpc) is 3.26. The molecule has 0 amide bonds. The molecule has 3 saturated carbocycles. The van der Waals surface area contributed by atoms with Gasteiger partial charge in [0.2, 0.25) is 0 Å². The third-order valence-electron chi connectivity index (χ3n) is 10.6. The van der Waals surface area contributed by atoms with E-state index in [1.807, 2.05) is 6.92 Å². The molecule has 2 bridgehead atoms. The van der Waals surface area contributed by atoms with E-state index in [4.69, 9.17) is 14.2 Å². The van der Waals surface area contributed by atoms with Gasteiger partial charge >= 0.3 is 13.1 Å². The van der Waals surface area contributed by atoms with Crippen LogP contribution in [0.3, 0.4) is 0 Å². The van der Waals surface area contributed by atoms with Crippen LogP contribution in [0.1, 0.15) is 65.4 Å². The van der Waals surface area contributed by atoms with Crippen LogP contribution in [-0.4, -0.2) is 54.0 Å². The third-order valence-corrected chi connectivity index (χ3v) is 10.6. The zero-order valence-corrected chi connectivity index (χ0v) is 22.7. The van der Waals surface area contributed by atoms with Crippen molar-refractivity contribution in [2.75, 3.05) is 6.61 Å². The zero-order chi connectivity index (χ0) is 27.5. The SMILES string of the molecule is C=C[C@]1(C)C[C@@H](OC(=O)COc2ccc3c(c2)B(O)ON=C3)[C@@]2(C)[C@@H]3C(=O)CC[C@@]3(CC[C@@H]2C)[C@@H](C)[C@@H]1O. The van der Waals surface area contributed by atoms with Crippen molar-refractivity contribution in [3.05, 3.63) is 36.4 Å². The highest BCUT2D eigenvalue weighted by Gasteiger charge is 2.68. The Balaban J connectivity index is 1.42. The Bertz CT molecular complexity index is 1170. The van der Waals surface area contributed by atoms with Crippen LogP contribution < -0.4 is 10.2 Å². The van der Waals surface area contributed by atoms with Gasteiger partial charge in [-0.3, -0.25) is 4.79 Å². The molecule has 8 atom stereocenters. The van der Waals surface area contributed by atoms with Crippen LogP contribution in [-0.2, 0) is 19.1 Å². The maximum Gasteiger partial charge on any atom is 0.583 e. The minimum atomic E-state index is -1.21. The number of aliphatic hydroxyl groups is 1. The monoisotopic (exact) mass is 523 g/mol. The molecule has 0 saturated heterocycles. The van der Waals surface area contributed by atoms with Crippen LogP contribution in [0, 0.1) is 34.0 Å². The van der Waals surface area contributed by atoms with E-state index in [1.165, 1.54) is 6.21 Å². The van der Waals surface area contributed by atoms with Gasteiger partial charge in [-0.1, -0.05) is 33.8 Å². The van der Waals surface area contributed by atoms with Crippen molar-refractivity contribution < 1.29 is 33.9 Å². The summed E-state index contributed by atoms with van der Waals surface area (Å²) in [6.45, 7) is 12.0. The largest absolute Gasteiger partial charge is 0.583 e. The molecule has 0 aromatic heterocycles. The summed E-state index contributed by atoms with van der Waals surface area (Å²) in [5.74, 6) is -0.144. The van der Waals surface area contributed by atoms with Gasteiger partial charge in [-0.15, -0.1) is 11.7 Å². The molecule has 0 spiro atoms. The number of ether oxygens (including phenoxy) is 2. The second-order valence-corrected chi connectivity index (χ2v) is 12.3. The van der Waals surface area contributed by atoms with Gasteiger partial charge in [-0.05, 0) is 66.7 Å². The molecule has 2 N–H and O–H groups in total. The molecule has 3 fully saturated rings. The Kier molecular flexibility index (Phi) is 6.75. The molecule has 4 aliphatic rings. The maximum absolute atomic E-state index is 13.5. The van der Waals surface area contributed by atoms with Gasteiger partial charge in [0.15, 0.2) is 6.61 Å². The molecule has 1 aliphatic heterocycles. The molecular formula is C29H38BNO7. The summed E-state index contributed by atoms with van der Waals surface area (Å²) < 4.78 is 16.8. The van der Waals surface area contributed by atoms with Gasteiger partial charge in [0.25, 0.3) is 0 Å². The van der Waals surface area contributed by atoms with Crippen molar-refractivity contribution in [3.8, 4) is 5.75 Å². The van der Waals surface area contributed by atoms with E-state index in [2.05, 4.69) is 32.5 Å². The van der Waals surface area contributed by atoms with E-state index in [9.17, 15) is 19.7 Å². The standard InChI is InChI=1S/C29H38BNO7/c1-6-27(4)14-23(37-24(33)16-36-20-8-7-19-15-31-38-30(35)21(19)13-20)28(5)17(2)9-11-29(18(3)26(27)34)12-10-22(32)25(28)29/h6-8,13,15,17-18,23,25-26,34-35H,1,9-12,14,16H2,2-5H3/t17-,18-,23+,25-,26-,27+,28-,29-/m0/s1. The van der Waals surface area contributed by atoms with Gasteiger partial charge in [-0.2, -0.15) is 0 Å². The fraction of sp³-hybridized carbons (Fsp3) is 0.621. The lowest BCUT2D eigenvalue weighted by molar-refractivity contribution is -0.207. The predicted octanol–water partition coefficient (Wildman–Crippen LogP) is 3.02. The second kappa shape index (κ2) is 9.52. The van der Waals surface area contributed by atoms with Gasteiger partial charge in [0.05, 0.1) is 12.3 Å². The second-order valence-electron chi connectivity index (χ2n) is 12.3. The Morgan fingerprint density at radius 3 is 2.82 bits per heavy atom. The Labute approximate surface area is 224 Å². The van der Waals surface area contributed by atoms with Crippen molar-refractivity contribution in [2.24, 2.45) is 39.2 Å². The first-order valence-electron chi connectivity index (χ1n) is 13.6. The minimum absolute atomic E-state index is 0.0813. The molecule has 204 valence electrons. The topological polar surface area (TPSA) is 115 Å². The molecule has 0 radical (unpaired) electrons. The number of benzene rings is 1. The molecule has 8 nitrogen and oxygen atoms in total. The number of hydrogen-bond donors (Lipinski definition) is 2. The van der Waals surface area contributed by atoms with Gasteiger partial charge in [-0.25, -0.2) is 4.79 Å². The highest BCUT2D eigenvalue weighted by molar-refractivity contribution is 6.62. The number of hydrogen-bond acceptors (Lipinski definition) is 8. The molecular weight excluding hydrogens is 485 g/mol. The number of rotatable bonds is 5. The van der Waals surface area contributed by atoms with E-state index in [1.54, 1.807) is 24.3 Å². The quantitative estimate of drug-likeness (QED) is 0.347. The molecule has 9 heteroatoms. The lowest BCUT2D eigenvalue weighted by Gasteiger charge is -2.61. The summed E-state index contributed by atoms with van der Waals surface area (Å²) in [5, 5.41) is 25.3. The van der Waals surface area contributed by atoms with Crippen molar-refractivity contribution in [1.29, 1.82) is 0 Å². The van der Waals surface area contributed by atoms with Crippen molar-refractivity contribution in [3.63, 3.8) is 0 Å². The number of Topliss-reactive ketones (excluding diaryl/α,β-unsaturated/α-hetero) is 1. The number of ketones is 1. The molecule has 3 aliphatic carbocycles. The zero-order valence-electron chi connectivity index (χ0n) is 22.7. The number of aliphatic hydroxyl groups excluding tert-OH is 1. The molecule has 0 unspecified atom stereocenters. The summed E-state index contributed by atoms with van der Waals surface area (Å²) in [6, 6.07) is 5.03. The van der Waals surface area contributed by atoms with E-state index in [0.29, 0.717) is 29.6 Å². The first-order valence-corrected chi connectivity index (χ1v) is 13.6. The van der Waals surface area contributed by atoms with Crippen LogP contribution in [0.4, 0.5) is 0 Å². The van der Waals surface area contributed by atoms with Crippen LogP contribution in [0.25, 0.3) is 0 Å². The van der Waals surface area contributed by atoms with Gasteiger partial charge < -0.3 is 24.4 Å². The number of carbonyl (C=O) groups is 2. The highest BCUT2D eigenvalue weighted by Crippen LogP contribution is 2.68. The van der Waals surface area contributed by atoms with Crippen LogP contribution >= 0.6 is 0 Å². The normalized spacial score (nSPS) is 39.8. The first kappa shape index (κ1) is 26.9. The Morgan fingerprint density at radius 2 is 2.08 bits per heavy atom. The van der Waals surface area contributed by atoms with E-state index in [-0.39, 0.29) is 35.6 Å². The van der Waals surface area contributed by atoms with Gasteiger partial charge in [0, 0.05) is 28.6 Å². The lowest BCUT2D eigenvalue weighted by atomic mass is 9.44. The lowest BCUT2D eigenvalue weighted by Crippen LogP contribution is -2.63. The Morgan fingerprint density at radius 1 is 1.32 bits per heavy atom. The molecule has 1 aromatic rings. The third kappa shape index (κ3) is 4.01. The Hall–Kier alpha value is -2.65. The summed E-state index contributed by atoms with van der Waals surface area (Å²) in [5.41, 5.74) is -0.390. The smallest absolute Gasteiger partial charge is 0.482 e. The van der Waals surface area contributed by atoms with Gasteiger partial charge in [0.1, 0.15) is 17.6 Å². The molecule has 5 rings (SSSR count). The fourth-order valence-electron chi connectivity index (χ4n) is 8.01. The minimum Gasteiger partial charge on any atom is -0.482 e. The average molecular weight is 523 g/mol. The number of carbonyl (C=O) groups excluding carboxylic acids is 2. The fourth-order valence-corrected chi connectivity index (χ4v) is 8.01. The number of esters is 1. The maximum atomic E-state index is 13.5. The van der Waals surface area contributed by atoms with Crippen LogP contribution in [0.2, 0.25) is 0 Å². The number of fused-ring (bicyclic) bond motifs is 1. The molecule has 38 heavy (non-hydrogen) atoms. The van der Waals surface area contributed by atoms with E-state index < -0.39 is 36.1 Å². The number of oxime groups is 1. The summed E-state index contributed by atoms with van der Waals surface area (Å²) in [6.07, 6.45) is 5.39. The van der Waals surface area contributed by atoms with E-state index >= 15 is 0 Å². The number of nitrogens with zero attached hydrogens (tertiary/aromatic N) is 1. The summed E-state index contributed by atoms with van der Waals surface area (Å²) >= 11 is 0. The van der Waals surface area contributed by atoms with Crippen LogP contribution in [0.15, 0.2) is 36.0 Å².